The van der Waals surface area contributed by atoms with Crippen LogP contribution in [0.5, 0.6) is 11.5 Å². The van der Waals surface area contributed by atoms with Gasteiger partial charge >= 0.3 is 0 Å². The van der Waals surface area contributed by atoms with E-state index in [4.69, 9.17) is 26.2 Å². The fourth-order valence-electron chi connectivity index (χ4n) is 3.38. The van der Waals surface area contributed by atoms with Crippen LogP contribution in [0.3, 0.4) is 0 Å². The molecule has 0 amide bonds. The monoisotopic (exact) mass is 380 g/mol. The lowest BCUT2D eigenvalue weighted by molar-refractivity contribution is 0.174. The van der Waals surface area contributed by atoms with Crippen LogP contribution in [0.15, 0.2) is 35.2 Å². The Bertz CT molecular complexity index is 929. The molecule has 0 bridgehead atoms. The molecule has 6 nitrogen and oxygen atoms in total. The number of hydrogen-bond acceptors (Lipinski definition) is 5. The SMILES string of the molecule is NS(=O)(=O)c1ccc(C2CNCCc3c2cc2c(c3Cl)OCO2)cc1. The van der Waals surface area contributed by atoms with Crippen molar-refractivity contribution in [2.75, 3.05) is 19.9 Å². The molecule has 8 heteroatoms. The zero-order chi connectivity index (χ0) is 17.6. The van der Waals surface area contributed by atoms with Crippen molar-refractivity contribution in [1.29, 1.82) is 0 Å². The highest BCUT2D eigenvalue weighted by molar-refractivity contribution is 7.89. The Morgan fingerprint density at radius 2 is 1.96 bits per heavy atom. The van der Waals surface area contributed by atoms with E-state index in [1.165, 1.54) is 12.1 Å². The molecule has 0 aromatic heterocycles. The van der Waals surface area contributed by atoms with Gasteiger partial charge in [0, 0.05) is 12.5 Å². The lowest BCUT2D eigenvalue weighted by Crippen LogP contribution is -2.21. The summed E-state index contributed by atoms with van der Waals surface area (Å²) < 4.78 is 33.9. The van der Waals surface area contributed by atoms with Crippen molar-refractivity contribution in [3.8, 4) is 11.5 Å². The maximum Gasteiger partial charge on any atom is 0.238 e. The van der Waals surface area contributed by atoms with Crippen molar-refractivity contribution in [3.63, 3.8) is 0 Å². The highest BCUT2D eigenvalue weighted by Gasteiger charge is 2.29. The molecule has 0 spiro atoms. The molecule has 0 aliphatic carbocycles. The first kappa shape index (κ1) is 16.7. The number of primary sulfonamides is 1. The first-order chi connectivity index (χ1) is 11.9. The normalized spacial score (nSPS) is 19.4. The number of nitrogens with two attached hydrogens (primary N) is 1. The van der Waals surface area contributed by atoms with E-state index in [1.54, 1.807) is 12.1 Å². The van der Waals surface area contributed by atoms with Gasteiger partial charge in [0.2, 0.25) is 16.8 Å². The Kier molecular flexibility index (Phi) is 4.11. The minimum atomic E-state index is -3.71. The summed E-state index contributed by atoms with van der Waals surface area (Å²) in [7, 11) is -3.71. The molecule has 1 atom stereocenters. The lowest BCUT2D eigenvalue weighted by Gasteiger charge is -2.20. The van der Waals surface area contributed by atoms with Gasteiger partial charge in [0.05, 0.1) is 9.92 Å². The molecule has 0 saturated carbocycles. The summed E-state index contributed by atoms with van der Waals surface area (Å²) in [6.45, 7) is 1.69. The average molecular weight is 381 g/mol. The van der Waals surface area contributed by atoms with Gasteiger partial charge < -0.3 is 14.8 Å². The van der Waals surface area contributed by atoms with E-state index in [9.17, 15) is 8.42 Å². The van der Waals surface area contributed by atoms with Crippen molar-refractivity contribution in [1.82, 2.24) is 5.32 Å². The number of sulfonamides is 1. The smallest absolute Gasteiger partial charge is 0.238 e. The topological polar surface area (TPSA) is 90.7 Å². The van der Waals surface area contributed by atoms with Crippen LogP contribution in [0.25, 0.3) is 0 Å². The van der Waals surface area contributed by atoms with Crippen LogP contribution in [-0.4, -0.2) is 28.3 Å². The molecule has 2 heterocycles. The predicted octanol–water partition coefficient (Wildman–Crippen LogP) is 1.99. The van der Waals surface area contributed by atoms with Crippen LogP contribution in [0, 0.1) is 0 Å². The van der Waals surface area contributed by atoms with E-state index in [0.29, 0.717) is 16.5 Å². The van der Waals surface area contributed by atoms with Gasteiger partial charge in [0.1, 0.15) is 0 Å². The summed E-state index contributed by atoms with van der Waals surface area (Å²) in [5, 5.41) is 9.18. The zero-order valence-electron chi connectivity index (χ0n) is 13.3. The van der Waals surface area contributed by atoms with Gasteiger partial charge in [-0.25, -0.2) is 13.6 Å². The van der Waals surface area contributed by atoms with E-state index in [0.717, 1.165) is 36.2 Å². The van der Waals surface area contributed by atoms with Crippen LogP contribution >= 0.6 is 11.6 Å². The van der Waals surface area contributed by atoms with Crippen LogP contribution in [0.2, 0.25) is 5.02 Å². The zero-order valence-corrected chi connectivity index (χ0v) is 14.9. The Morgan fingerprint density at radius 3 is 2.68 bits per heavy atom. The standard InChI is InChI=1S/C17H17ClN2O4S/c18-16-12-5-6-20-8-14(13(12)7-15-17(16)24-9-23-15)10-1-3-11(4-2-10)25(19,21)22/h1-4,7,14,20H,5-6,8-9H2,(H2,19,21,22). The van der Waals surface area contributed by atoms with E-state index in [-0.39, 0.29) is 17.6 Å². The fraction of sp³-hybridized carbons (Fsp3) is 0.294. The van der Waals surface area contributed by atoms with E-state index < -0.39 is 10.0 Å². The molecular formula is C17H17ClN2O4S. The Morgan fingerprint density at radius 1 is 1.20 bits per heavy atom. The number of hydrogen-bond donors (Lipinski definition) is 2. The summed E-state index contributed by atoms with van der Waals surface area (Å²) >= 11 is 6.55. The van der Waals surface area contributed by atoms with Crippen LogP contribution in [0.4, 0.5) is 0 Å². The fourth-order valence-corrected chi connectivity index (χ4v) is 4.25. The van der Waals surface area contributed by atoms with Crippen LogP contribution in [-0.2, 0) is 16.4 Å². The van der Waals surface area contributed by atoms with Crippen molar-refractivity contribution in [2.45, 2.75) is 17.2 Å². The Balaban J connectivity index is 1.81. The molecule has 0 saturated heterocycles. The van der Waals surface area contributed by atoms with Crippen LogP contribution < -0.4 is 19.9 Å². The molecule has 2 aliphatic rings. The van der Waals surface area contributed by atoms with Gasteiger partial charge in [-0.3, -0.25) is 0 Å². The summed E-state index contributed by atoms with van der Waals surface area (Å²) in [4.78, 5) is 0.0989. The molecule has 2 aromatic rings. The molecule has 0 radical (unpaired) electrons. The molecule has 3 N–H and O–H groups in total. The molecule has 4 rings (SSSR count). The molecule has 2 aromatic carbocycles. The molecule has 2 aliphatic heterocycles. The minimum Gasteiger partial charge on any atom is -0.454 e. The third-order valence-corrected chi connectivity index (χ3v) is 5.96. The molecule has 0 fully saturated rings. The summed E-state index contributed by atoms with van der Waals surface area (Å²) in [5.74, 6) is 1.28. The summed E-state index contributed by atoms with van der Waals surface area (Å²) in [6.07, 6.45) is 0.788. The Labute approximate surface area is 150 Å². The molecule has 1 unspecified atom stereocenters. The Hall–Kier alpha value is -1.80. The molecule has 25 heavy (non-hydrogen) atoms. The van der Waals surface area contributed by atoms with Crippen molar-refractivity contribution in [2.24, 2.45) is 5.14 Å². The van der Waals surface area contributed by atoms with Gasteiger partial charge in [0.25, 0.3) is 0 Å². The molecular weight excluding hydrogens is 364 g/mol. The summed E-state index contributed by atoms with van der Waals surface area (Å²) in [5.41, 5.74) is 3.09. The molecule has 132 valence electrons. The van der Waals surface area contributed by atoms with Gasteiger partial charge in [-0.1, -0.05) is 23.7 Å². The first-order valence-electron chi connectivity index (χ1n) is 7.89. The number of ether oxygens (including phenoxy) is 2. The lowest BCUT2D eigenvalue weighted by atomic mass is 9.87. The number of nitrogens with one attached hydrogen (secondary N) is 1. The predicted molar refractivity (Wildman–Crippen MR) is 93.8 cm³/mol. The van der Waals surface area contributed by atoms with Crippen molar-refractivity contribution >= 4 is 21.6 Å². The van der Waals surface area contributed by atoms with E-state index in [2.05, 4.69) is 5.32 Å². The maximum absolute atomic E-state index is 11.5. The highest BCUT2D eigenvalue weighted by Crippen LogP contribution is 2.46. The first-order valence-corrected chi connectivity index (χ1v) is 9.82. The van der Waals surface area contributed by atoms with Gasteiger partial charge in [0.15, 0.2) is 11.5 Å². The number of rotatable bonds is 2. The quantitative estimate of drug-likeness (QED) is 0.831. The van der Waals surface area contributed by atoms with E-state index >= 15 is 0 Å². The van der Waals surface area contributed by atoms with Crippen molar-refractivity contribution < 1.29 is 17.9 Å². The third kappa shape index (κ3) is 2.97. The number of benzene rings is 2. The minimum absolute atomic E-state index is 0.0269. The number of fused-ring (bicyclic) bond motifs is 2. The highest BCUT2D eigenvalue weighted by atomic mass is 35.5. The van der Waals surface area contributed by atoms with Crippen molar-refractivity contribution in [3.05, 3.63) is 52.0 Å². The van der Waals surface area contributed by atoms with Gasteiger partial charge in [-0.15, -0.1) is 0 Å². The van der Waals surface area contributed by atoms with E-state index in [1.807, 2.05) is 6.07 Å². The second-order valence-corrected chi connectivity index (χ2v) is 8.05. The van der Waals surface area contributed by atoms with Gasteiger partial charge in [-0.05, 0) is 47.9 Å². The average Bonchev–Trinajstić information content (AvgIpc) is 2.94. The second-order valence-electron chi connectivity index (χ2n) is 6.11. The van der Waals surface area contributed by atoms with Crippen LogP contribution in [0.1, 0.15) is 22.6 Å². The largest absolute Gasteiger partial charge is 0.454 e. The van der Waals surface area contributed by atoms with Gasteiger partial charge in [-0.2, -0.15) is 0 Å². The third-order valence-electron chi connectivity index (χ3n) is 4.63. The summed E-state index contributed by atoms with van der Waals surface area (Å²) in [6, 6.07) is 8.63. The number of halogens is 1. The maximum atomic E-state index is 11.5. The second kappa shape index (κ2) is 6.17.